The first kappa shape index (κ1) is 20.4. The minimum absolute atomic E-state index is 0.0145. The second-order valence-electron chi connectivity index (χ2n) is 6.65. The third kappa shape index (κ3) is 5.13. The number of para-hydroxylation sites is 2. The lowest BCUT2D eigenvalue weighted by molar-refractivity contribution is -0.124. The highest BCUT2D eigenvalue weighted by molar-refractivity contribution is 6.03. The molecule has 1 heterocycles. The first-order valence-electron chi connectivity index (χ1n) is 9.55. The maximum absolute atomic E-state index is 12.5. The molecule has 2 aromatic rings. The molecular formula is C22H24N2O5. The standard InChI is InChI=1S/C22H24N2O5/c1-28-19-10-5-2-7-16(19)12-13-23-20(25)15-29-22(27)17-8-3-4-9-18(17)24-14-6-11-21(24)26/h2-5,7-10H,6,11-15H2,1H3,(H,23,25). The highest BCUT2D eigenvalue weighted by atomic mass is 16.5. The predicted molar refractivity (Wildman–Crippen MR) is 108 cm³/mol. The van der Waals surface area contributed by atoms with Gasteiger partial charge in [-0.25, -0.2) is 4.79 Å². The van der Waals surface area contributed by atoms with Crippen LogP contribution < -0.4 is 15.0 Å². The molecular weight excluding hydrogens is 372 g/mol. The van der Waals surface area contributed by atoms with Gasteiger partial charge in [-0.2, -0.15) is 0 Å². The average molecular weight is 396 g/mol. The SMILES string of the molecule is COc1ccccc1CCNC(=O)COC(=O)c1ccccc1N1CCCC1=O. The number of carbonyl (C=O) groups excluding carboxylic acids is 3. The molecule has 29 heavy (non-hydrogen) atoms. The fraction of sp³-hybridized carbons (Fsp3) is 0.318. The lowest BCUT2D eigenvalue weighted by Crippen LogP contribution is -2.31. The highest BCUT2D eigenvalue weighted by Crippen LogP contribution is 2.26. The summed E-state index contributed by atoms with van der Waals surface area (Å²) in [6.07, 6.45) is 1.83. The molecule has 0 unspecified atom stereocenters. The van der Waals surface area contributed by atoms with Gasteiger partial charge in [0.15, 0.2) is 6.61 Å². The molecule has 152 valence electrons. The summed E-state index contributed by atoms with van der Waals surface area (Å²) in [5.74, 6) is -0.260. The summed E-state index contributed by atoms with van der Waals surface area (Å²) in [5.41, 5.74) is 1.79. The number of amides is 2. The van der Waals surface area contributed by atoms with Crippen molar-refractivity contribution >= 4 is 23.5 Å². The second kappa shape index (κ2) is 9.73. The monoisotopic (exact) mass is 396 g/mol. The van der Waals surface area contributed by atoms with Gasteiger partial charge in [-0.1, -0.05) is 30.3 Å². The van der Waals surface area contributed by atoms with E-state index in [1.54, 1.807) is 36.3 Å². The van der Waals surface area contributed by atoms with Gasteiger partial charge in [0.25, 0.3) is 5.91 Å². The molecule has 0 bridgehead atoms. The van der Waals surface area contributed by atoms with Gasteiger partial charge in [0.05, 0.1) is 18.4 Å². The van der Waals surface area contributed by atoms with Crippen molar-refractivity contribution in [2.75, 3.05) is 31.7 Å². The third-order valence-electron chi connectivity index (χ3n) is 4.73. The van der Waals surface area contributed by atoms with Gasteiger partial charge in [0.2, 0.25) is 5.91 Å². The van der Waals surface area contributed by atoms with Gasteiger partial charge < -0.3 is 19.7 Å². The molecule has 3 rings (SSSR count). The minimum atomic E-state index is -0.625. The highest BCUT2D eigenvalue weighted by Gasteiger charge is 2.26. The topological polar surface area (TPSA) is 84.9 Å². The molecule has 7 heteroatoms. The molecule has 0 aliphatic carbocycles. The van der Waals surface area contributed by atoms with E-state index in [1.807, 2.05) is 24.3 Å². The zero-order valence-corrected chi connectivity index (χ0v) is 16.3. The van der Waals surface area contributed by atoms with Crippen LogP contribution >= 0.6 is 0 Å². The summed E-state index contributed by atoms with van der Waals surface area (Å²) in [5, 5.41) is 2.73. The van der Waals surface area contributed by atoms with Gasteiger partial charge in [-0.15, -0.1) is 0 Å². The Morgan fingerprint density at radius 1 is 1.10 bits per heavy atom. The number of hydrogen-bond acceptors (Lipinski definition) is 5. The van der Waals surface area contributed by atoms with Crippen LogP contribution in [0.5, 0.6) is 5.75 Å². The van der Waals surface area contributed by atoms with Crippen LogP contribution in [0.3, 0.4) is 0 Å². The number of ether oxygens (including phenoxy) is 2. The average Bonchev–Trinajstić information content (AvgIpc) is 3.18. The van der Waals surface area contributed by atoms with E-state index in [4.69, 9.17) is 9.47 Å². The van der Waals surface area contributed by atoms with Gasteiger partial charge >= 0.3 is 5.97 Å². The van der Waals surface area contributed by atoms with Gasteiger partial charge in [0, 0.05) is 19.5 Å². The van der Waals surface area contributed by atoms with Gasteiger partial charge in [-0.3, -0.25) is 9.59 Å². The van der Waals surface area contributed by atoms with Crippen molar-refractivity contribution in [3.63, 3.8) is 0 Å². The molecule has 7 nitrogen and oxygen atoms in total. The molecule has 0 radical (unpaired) electrons. The van der Waals surface area contributed by atoms with Crippen LogP contribution in [0.4, 0.5) is 5.69 Å². The Kier molecular flexibility index (Phi) is 6.84. The molecule has 2 aromatic carbocycles. The van der Waals surface area contributed by atoms with Crippen molar-refractivity contribution in [2.24, 2.45) is 0 Å². The Bertz CT molecular complexity index is 896. The van der Waals surface area contributed by atoms with E-state index in [1.165, 1.54) is 0 Å². The van der Waals surface area contributed by atoms with Crippen molar-refractivity contribution in [3.05, 3.63) is 59.7 Å². The second-order valence-corrected chi connectivity index (χ2v) is 6.65. The molecule has 1 aliphatic rings. The fourth-order valence-corrected chi connectivity index (χ4v) is 3.29. The molecule has 1 aliphatic heterocycles. The predicted octanol–water partition coefficient (Wildman–Crippen LogP) is 2.34. The lowest BCUT2D eigenvalue weighted by Gasteiger charge is -2.18. The Labute approximate surface area is 169 Å². The van der Waals surface area contributed by atoms with Crippen molar-refractivity contribution in [1.82, 2.24) is 5.32 Å². The number of carbonyl (C=O) groups is 3. The number of esters is 1. The molecule has 0 spiro atoms. The van der Waals surface area contributed by atoms with Crippen molar-refractivity contribution in [3.8, 4) is 5.75 Å². The van der Waals surface area contributed by atoms with Crippen LogP contribution in [0.1, 0.15) is 28.8 Å². The molecule has 0 atom stereocenters. The molecule has 2 amide bonds. The van der Waals surface area contributed by atoms with Crippen molar-refractivity contribution in [2.45, 2.75) is 19.3 Å². The smallest absolute Gasteiger partial charge is 0.340 e. The summed E-state index contributed by atoms with van der Waals surface area (Å²) in [7, 11) is 1.60. The first-order valence-corrected chi connectivity index (χ1v) is 9.55. The number of anilines is 1. The van der Waals surface area contributed by atoms with Crippen LogP contribution in [-0.2, 0) is 20.7 Å². The summed E-state index contributed by atoms with van der Waals surface area (Å²) in [4.78, 5) is 38.1. The van der Waals surface area contributed by atoms with Crippen LogP contribution in [0, 0.1) is 0 Å². The number of methoxy groups -OCH3 is 1. The number of nitrogens with zero attached hydrogens (tertiary/aromatic N) is 1. The maximum Gasteiger partial charge on any atom is 0.340 e. The Morgan fingerprint density at radius 2 is 1.86 bits per heavy atom. The summed E-state index contributed by atoms with van der Waals surface area (Å²) >= 11 is 0. The summed E-state index contributed by atoms with van der Waals surface area (Å²) in [6.45, 7) is 0.592. The maximum atomic E-state index is 12.5. The Hall–Kier alpha value is -3.35. The minimum Gasteiger partial charge on any atom is -0.496 e. The molecule has 0 aromatic heterocycles. The number of benzene rings is 2. The number of hydrogen-bond donors (Lipinski definition) is 1. The van der Waals surface area contributed by atoms with E-state index in [0.717, 1.165) is 17.7 Å². The van der Waals surface area contributed by atoms with E-state index in [9.17, 15) is 14.4 Å². The van der Waals surface area contributed by atoms with Crippen LogP contribution in [-0.4, -0.2) is 44.6 Å². The number of nitrogens with one attached hydrogen (secondary N) is 1. The third-order valence-corrected chi connectivity index (χ3v) is 4.73. The van der Waals surface area contributed by atoms with Gasteiger partial charge in [0.1, 0.15) is 5.75 Å². The molecule has 1 fully saturated rings. The zero-order chi connectivity index (χ0) is 20.6. The largest absolute Gasteiger partial charge is 0.496 e. The van der Waals surface area contributed by atoms with Gasteiger partial charge in [-0.05, 0) is 36.6 Å². The Balaban J connectivity index is 1.51. The fourth-order valence-electron chi connectivity index (χ4n) is 3.29. The normalized spacial score (nSPS) is 13.3. The quantitative estimate of drug-likeness (QED) is 0.693. The summed E-state index contributed by atoms with van der Waals surface area (Å²) < 4.78 is 10.4. The Morgan fingerprint density at radius 3 is 2.62 bits per heavy atom. The molecule has 1 saturated heterocycles. The molecule has 0 saturated carbocycles. The zero-order valence-electron chi connectivity index (χ0n) is 16.3. The van der Waals surface area contributed by atoms with Crippen LogP contribution in [0.15, 0.2) is 48.5 Å². The first-order chi connectivity index (χ1) is 14.1. The van der Waals surface area contributed by atoms with E-state index in [0.29, 0.717) is 31.6 Å². The molecule has 1 N–H and O–H groups in total. The van der Waals surface area contributed by atoms with Crippen LogP contribution in [0.2, 0.25) is 0 Å². The van der Waals surface area contributed by atoms with E-state index < -0.39 is 5.97 Å². The van der Waals surface area contributed by atoms with E-state index >= 15 is 0 Å². The summed E-state index contributed by atoms with van der Waals surface area (Å²) in [6, 6.07) is 14.4. The lowest BCUT2D eigenvalue weighted by atomic mass is 10.1. The van der Waals surface area contributed by atoms with Crippen molar-refractivity contribution in [1.29, 1.82) is 0 Å². The van der Waals surface area contributed by atoms with E-state index in [-0.39, 0.29) is 24.0 Å². The van der Waals surface area contributed by atoms with Crippen molar-refractivity contribution < 1.29 is 23.9 Å². The van der Waals surface area contributed by atoms with Crippen LogP contribution in [0.25, 0.3) is 0 Å². The number of rotatable bonds is 8. The van der Waals surface area contributed by atoms with E-state index in [2.05, 4.69) is 5.32 Å².